The van der Waals surface area contributed by atoms with Gasteiger partial charge in [-0.15, -0.1) is 0 Å². The van der Waals surface area contributed by atoms with E-state index in [0.717, 1.165) is 0 Å². The molecule has 1 atom stereocenters. The average molecular weight is 426 g/mol. The van der Waals surface area contributed by atoms with Crippen LogP contribution in [0.4, 0.5) is 18.9 Å². The number of halogens is 3. The molecule has 0 saturated carbocycles. The van der Waals surface area contributed by atoms with Crippen LogP contribution >= 0.6 is 0 Å². The predicted octanol–water partition coefficient (Wildman–Crippen LogP) is 4.50. The summed E-state index contributed by atoms with van der Waals surface area (Å²) in [5, 5.41) is 1.82. The van der Waals surface area contributed by atoms with Gasteiger partial charge in [-0.2, -0.15) is 17.6 Å². The topological polar surface area (TPSA) is 67.8 Å². The molecule has 0 radical (unpaired) electrons. The zero-order valence-corrected chi connectivity index (χ0v) is 17.1. The molecule has 2 rings (SSSR count). The maximum atomic E-state index is 12.6. The fourth-order valence-electron chi connectivity index (χ4n) is 2.19. The molecule has 1 amide bonds. The van der Waals surface area contributed by atoms with E-state index in [2.05, 4.69) is 4.40 Å². The van der Waals surface area contributed by atoms with Gasteiger partial charge in [-0.05, 0) is 57.2 Å². The zero-order valence-electron chi connectivity index (χ0n) is 16.3. The van der Waals surface area contributed by atoms with E-state index in [4.69, 9.17) is 4.74 Å². The molecule has 0 heterocycles. The van der Waals surface area contributed by atoms with Crippen LogP contribution in [0.3, 0.4) is 0 Å². The highest BCUT2D eigenvalue weighted by atomic mass is 32.2. The quantitative estimate of drug-likeness (QED) is 0.716. The minimum absolute atomic E-state index is 0.0485. The van der Waals surface area contributed by atoms with Crippen molar-refractivity contribution >= 4 is 28.3 Å². The largest absolute Gasteiger partial charge is 0.497 e. The van der Waals surface area contributed by atoms with Gasteiger partial charge in [-0.1, -0.05) is 12.1 Å². The highest BCUT2D eigenvalue weighted by Gasteiger charge is 2.38. The molecule has 0 spiro atoms. The van der Waals surface area contributed by atoms with E-state index in [0.29, 0.717) is 22.6 Å². The van der Waals surface area contributed by atoms with Crippen LogP contribution < -0.4 is 10.1 Å². The molecule has 0 aliphatic heterocycles. The highest BCUT2D eigenvalue weighted by molar-refractivity contribution is 7.85. The lowest BCUT2D eigenvalue weighted by atomic mass is 10.0. The molecule has 0 aliphatic carbocycles. The Balaban J connectivity index is 2.51. The van der Waals surface area contributed by atoms with E-state index in [1.165, 1.54) is 25.3 Å². The third-order valence-corrected chi connectivity index (χ3v) is 5.11. The van der Waals surface area contributed by atoms with E-state index >= 15 is 0 Å². The van der Waals surface area contributed by atoms with E-state index < -0.39 is 27.8 Å². The number of alkyl halides is 3. The van der Waals surface area contributed by atoms with Crippen LogP contribution in [0.2, 0.25) is 0 Å². The Bertz CT molecular complexity index is 933. The van der Waals surface area contributed by atoms with Gasteiger partial charge in [0, 0.05) is 16.8 Å². The van der Waals surface area contributed by atoms with Gasteiger partial charge >= 0.3 is 12.1 Å². The molecule has 29 heavy (non-hydrogen) atoms. The van der Waals surface area contributed by atoms with Crippen molar-refractivity contribution in [3.63, 3.8) is 0 Å². The first-order chi connectivity index (χ1) is 13.4. The number of anilines is 1. The van der Waals surface area contributed by atoms with Gasteiger partial charge < -0.3 is 10.1 Å². The SMILES string of the molecule is COc1ccc(C(=NS(=O)C(C)(C)C)c2cccc(NC(=O)C(F)(F)F)c2)cc1. The van der Waals surface area contributed by atoms with Crippen molar-refractivity contribution < 1.29 is 26.9 Å². The first kappa shape index (κ1) is 22.6. The fourth-order valence-corrected chi connectivity index (χ4v) is 2.84. The molecular weight excluding hydrogens is 405 g/mol. The number of nitrogens with zero attached hydrogens (tertiary/aromatic N) is 1. The summed E-state index contributed by atoms with van der Waals surface area (Å²) in [6, 6.07) is 12.6. The number of hydrogen-bond acceptors (Lipinski definition) is 3. The van der Waals surface area contributed by atoms with Gasteiger partial charge in [0.05, 0.1) is 17.6 Å². The Morgan fingerprint density at radius 1 is 1.03 bits per heavy atom. The minimum Gasteiger partial charge on any atom is -0.497 e. The molecular formula is C20H21F3N2O3S. The molecule has 0 fully saturated rings. The third kappa shape index (κ3) is 6.15. The number of carbonyl (C=O) groups excluding carboxylic acids is 1. The van der Waals surface area contributed by atoms with Crippen LogP contribution in [0.5, 0.6) is 5.75 Å². The lowest BCUT2D eigenvalue weighted by Gasteiger charge is -2.16. The normalized spacial score (nSPS) is 13.7. The second kappa shape index (κ2) is 8.77. The van der Waals surface area contributed by atoms with E-state index in [9.17, 15) is 22.2 Å². The molecule has 2 aromatic carbocycles. The molecule has 0 aliphatic rings. The van der Waals surface area contributed by atoms with Crippen LogP contribution in [0, 0.1) is 0 Å². The Kier molecular flexibility index (Phi) is 6.84. The summed E-state index contributed by atoms with van der Waals surface area (Å²) in [6.45, 7) is 5.29. The molecule has 1 unspecified atom stereocenters. The smallest absolute Gasteiger partial charge is 0.471 e. The number of nitrogens with one attached hydrogen (secondary N) is 1. The van der Waals surface area contributed by atoms with E-state index in [1.807, 2.05) is 5.32 Å². The number of benzene rings is 2. The van der Waals surface area contributed by atoms with E-state index in [1.54, 1.807) is 51.1 Å². The second-order valence-corrected chi connectivity index (χ2v) is 8.97. The van der Waals surface area contributed by atoms with Crippen molar-refractivity contribution in [2.75, 3.05) is 12.4 Å². The van der Waals surface area contributed by atoms with Gasteiger partial charge in [0.25, 0.3) is 0 Å². The van der Waals surface area contributed by atoms with Crippen molar-refractivity contribution in [2.24, 2.45) is 4.40 Å². The molecule has 5 nitrogen and oxygen atoms in total. The van der Waals surface area contributed by atoms with Crippen molar-refractivity contribution in [3.05, 3.63) is 59.7 Å². The van der Waals surface area contributed by atoms with Gasteiger partial charge in [0.1, 0.15) is 16.7 Å². The Morgan fingerprint density at radius 3 is 2.17 bits per heavy atom. The van der Waals surface area contributed by atoms with Gasteiger partial charge in [0.15, 0.2) is 0 Å². The zero-order chi connectivity index (χ0) is 21.8. The molecule has 0 aromatic heterocycles. The van der Waals surface area contributed by atoms with Crippen LogP contribution in [0.15, 0.2) is 52.9 Å². The Hall–Kier alpha value is -2.68. The number of amides is 1. The number of ether oxygens (including phenoxy) is 1. The molecule has 9 heteroatoms. The highest BCUT2D eigenvalue weighted by Crippen LogP contribution is 2.23. The predicted molar refractivity (Wildman–Crippen MR) is 108 cm³/mol. The number of methoxy groups -OCH3 is 1. The average Bonchev–Trinajstić information content (AvgIpc) is 2.64. The standard InChI is InChI=1S/C20H21F3N2O3S/c1-19(2,3)29(27)25-17(13-8-10-16(28-4)11-9-13)14-6-5-7-15(12-14)24-18(26)20(21,22)23/h5-12H,1-4H3,(H,24,26). The molecule has 0 saturated heterocycles. The molecule has 0 bridgehead atoms. The number of rotatable bonds is 5. The molecule has 1 N–H and O–H groups in total. The maximum absolute atomic E-state index is 12.6. The van der Waals surface area contributed by atoms with Crippen LogP contribution in [-0.4, -0.2) is 33.9 Å². The maximum Gasteiger partial charge on any atom is 0.471 e. The summed E-state index contributed by atoms with van der Waals surface area (Å²) in [7, 11) is -0.0983. The number of hydrogen-bond donors (Lipinski definition) is 1. The summed E-state index contributed by atoms with van der Waals surface area (Å²) >= 11 is 0. The first-order valence-corrected chi connectivity index (χ1v) is 9.66. The van der Waals surface area contributed by atoms with Crippen molar-refractivity contribution in [1.82, 2.24) is 0 Å². The molecule has 156 valence electrons. The second-order valence-electron chi connectivity index (χ2n) is 7.06. The van der Waals surface area contributed by atoms with E-state index in [-0.39, 0.29) is 5.69 Å². The third-order valence-electron chi connectivity index (χ3n) is 3.71. The first-order valence-electron chi connectivity index (χ1n) is 8.55. The lowest BCUT2D eigenvalue weighted by molar-refractivity contribution is -0.167. The van der Waals surface area contributed by atoms with Crippen LogP contribution in [0.1, 0.15) is 31.9 Å². The van der Waals surface area contributed by atoms with Crippen molar-refractivity contribution in [1.29, 1.82) is 0 Å². The van der Waals surface area contributed by atoms with Gasteiger partial charge in [-0.25, -0.2) is 4.21 Å². The minimum atomic E-state index is -5.00. The van der Waals surface area contributed by atoms with Crippen molar-refractivity contribution in [2.45, 2.75) is 31.7 Å². The molecule has 2 aromatic rings. The van der Waals surface area contributed by atoms with Crippen molar-refractivity contribution in [3.8, 4) is 5.75 Å². The Morgan fingerprint density at radius 2 is 1.66 bits per heavy atom. The van der Waals surface area contributed by atoms with Gasteiger partial charge in [-0.3, -0.25) is 4.79 Å². The lowest BCUT2D eigenvalue weighted by Crippen LogP contribution is -2.30. The monoisotopic (exact) mass is 426 g/mol. The fraction of sp³-hybridized carbons (Fsp3) is 0.300. The summed E-state index contributed by atoms with van der Waals surface area (Å²) < 4.78 is 59.1. The van der Waals surface area contributed by atoms with Crippen LogP contribution in [0.25, 0.3) is 0 Å². The summed E-state index contributed by atoms with van der Waals surface area (Å²) in [5.74, 6) is -1.47. The summed E-state index contributed by atoms with van der Waals surface area (Å²) in [4.78, 5) is 11.2. The van der Waals surface area contributed by atoms with Gasteiger partial charge in [0.2, 0.25) is 0 Å². The summed E-state index contributed by atoms with van der Waals surface area (Å²) in [5.41, 5.74) is 1.28. The summed E-state index contributed by atoms with van der Waals surface area (Å²) in [6.07, 6.45) is -5.00. The Labute approximate surface area is 169 Å². The van der Waals surface area contributed by atoms with Crippen LogP contribution in [-0.2, 0) is 15.8 Å². The number of carbonyl (C=O) groups is 1.